The van der Waals surface area contributed by atoms with Crippen LogP contribution in [-0.2, 0) is 4.74 Å². The van der Waals surface area contributed by atoms with E-state index in [-0.39, 0.29) is 17.7 Å². The number of hydrogen-bond acceptors (Lipinski definition) is 7. The molecule has 2 aromatic rings. The van der Waals surface area contributed by atoms with E-state index in [1.54, 1.807) is 16.7 Å². The number of anilines is 2. The summed E-state index contributed by atoms with van der Waals surface area (Å²) >= 11 is 1.55. The first-order chi connectivity index (χ1) is 13.8. The first-order valence-corrected chi connectivity index (χ1v) is 10.6. The van der Waals surface area contributed by atoms with Crippen LogP contribution in [0, 0.1) is 0 Å². The normalized spacial score (nSPS) is 14.6. The molecule has 0 unspecified atom stereocenters. The maximum atomic E-state index is 12.3. The van der Waals surface area contributed by atoms with E-state index in [0.717, 1.165) is 16.3 Å². The van der Waals surface area contributed by atoms with Crippen molar-refractivity contribution in [3.8, 4) is 0 Å². The fourth-order valence-corrected chi connectivity index (χ4v) is 3.51. The predicted molar refractivity (Wildman–Crippen MR) is 113 cm³/mol. The molecular weight excluding hydrogens is 392 g/mol. The molecular formula is C20H26N4O4S. The number of nitrogens with one attached hydrogen (secondary N) is 1. The fourth-order valence-electron chi connectivity index (χ4n) is 2.98. The first-order valence-electron chi connectivity index (χ1n) is 9.37. The maximum absolute atomic E-state index is 12.3. The SMILES string of the molecule is CSc1ccc(N2CCN(C(=O)OC(C)(C)C)CC2)cc1NC(=O)c1cocn1. The van der Waals surface area contributed by atoms with Gasteiger partial charge in [0.2, 0.25) is 0 Å². The van der Waals surface area contributed by atoms with E-state index >= 15 is 0 Å². The van der Waals surface area contributed by atoms with E-state index in [9.17, 15) is 9.59 Å². The van der Waals surface area contributed by atoms with Crippen molar-refractivity contribution in [1.82, 2.24) is 9.88 Å². The van der Waals surface area contributed by atoms with E-state index in [2.05, 4.69) is 15.2 Å². The summed E-state index contributed by atoms with van der Waals surface area (Å²) in [6, 6.07) is 5.96. The topological polar surface area (TPSA) is 87.9 Å². The van der Waals surface area contributed by atoms with E-state index in [4.69, 9.17) is 9.15 Å². The molecule has 1 aromatic heterocycles. The molecule has 9 heteroatoms. The fraction of sp³-hybridized carbons (Fsp3) is 0.450. The van der Waals surface area contributed by atoms with Crippen molar-refractivity contribution in [3.05, 3.63) is 36.5 Å². The van der Waals surface area contributed by atoms with Crippen LogP contribution in [0.4, 0.5) is 16.2 Å². The van der Waals surface area contributed by atoms with Gasteiger partial charge >= 0.3 is 6.09 Å². The number of carbonyl (C=O) groups excluding carboxylic acids is 2. The summed E-state index contributed by atoms with van der Waals surface area (Å²) in [7, 11) is 0. The third kappa shape index (κ3) is 5.44. The minimum atomic E-state index is -0.501. The van der Waals surface area contributed by atoms with Crippen molar-refractivity contribution in [1.29, 1.82) is 0 Å². The number of amides is 2. The van der Waals surface area contributed by atoms with Crippen LogP contribution in [-0.4, -0.2) is 59.9 Å². The molecule has 0 atom stereocenters. The molecule has 1 aliphatic heterocycles. The summed E-state index contributed by atoms with van der Waals surface area (Å²) in [5.41, 5.74) is 1.44. The Morgan fingerprint density at radius 3 is 2.52 bits per heavy atom. The summed E-state index contributed by atoms with van der Waals surface area (Å²) in [5, 5.41) is 2.90. The number of benzene rings is 1. The van der Waals surface area contributed by atoms with Gasteiger partial charge in [0.25, 0.3) is 5.91 Å². The van der Waals surface area contributed by atoms with Crippen molar-refractivity contribution in [2.45, 2.75) is 31.3 Å². The summed E-state index contributed by atoms with van der Waals surface area (Å²) in [6.45, 7) is 8.14. The Morgan fingerprint density at radius 1 is 1.21 bits per heavy atom. The zero-order valence-corrected chi connectivity index (χ0v) is 17.9. The van der Waals surface area contributed by atoms with Crippen molar-refractivity contribution in [2.24, 2.45) is 0 Å². The third-order valence-electron chi connectivity index (χ3n) is 4.39. The van der Waals surface area contributed by atoms with Crippen LogP contribution in [0.25, 0.3) is 0 Å². The lowest BCUT2D eigenvalue weighted by Gasteiger charge is -2.37. The van der Waals surface area contributed by atoms with E-state index in [0.29, 0.717) is 26.2 Å². The lowest BCUT2D eigenvalue weighted by Crippen LogP contribution is -2.50. The van der Waals surface area contributed by atoms with Crippen LogP contribution in [0.15, 0.2) is 40.2 Å². The smallest absolute Gasteiger partial charge is 0.410 e. The minimum Gasteiger partial charge on any atom is -0.451 e. The number of nitrogens with zero attached hydrogens (tertiary/aromatic N) is 3. The number of oxazole rings is 1. The van der Waals surface area contributed by atoms with Crippen LogP contribution in [0.2, 0.25) is 0 Å². The molecule has 8 nitrogen and oxygen atoms in total. The second-order valence-corrected chi connectivity index (χ2v) is 8.51. The van der Waals surface area contributed by atoms with Crippen LogP contribution < -0.4 is 10.2 Å². The van der Waals surface area contributed by atoms with Crippen molar-refractivity contribution < 1.29 is 18.7 Å². The van der Waals surface area contributed by atoms with Crippen LogP contribution >= 0.6 is 11.8 Å². The first kappa shape index (κ1) is 21.0. The van der Waals surface area contributed by atoms with Crippen LogP contribution in [0.3, 0.4) is 0 Å². The number of piperazine rings is 1. The molecule has 1 aromatic carbocycles. The average molecular weight is 419 g/mol. The molecule has 0 radical (unpaired) electrons. The minimum absolute atomic E-state index is 0.230. The Kier molecular flexibility index (Phi) is 6.36. The molecule has 0 bridgehead atoms. The highest BCUT2D eigenvalue weighted by Crippen LogP contribution is 2.31. The number of ether oxygens (including phenoxy) is 1. The van der Waals surface area contributed by atoms with Gasteiger partial charge in [0, 0.05) is 36.8 Å². The number of rotatable bonds is 4. The van der Waals surface area contributed by atoms with Gasteiger partial charge in [-0.1, -0.05) is 0 Å². The second kappa shape index (κ2) is 8.77. The van der Waals surface area contributed by atoms with Crippen LogP contribution in [0.1, 0.15) is 31.3 Å². The van der Waals surface area contributed by atoms with Gasteiger partial charge in [0.15, 0.2) is 12.1 Å². The Morgan fingerprint density at radius 2 is 1.93 bits per heavy atom. The lowest BCUT2D eigenvalue weighted by atomic mass is 10.2. The standard InChI is InChI=1S/C20H26N4O4S/c1-20(2,3)28-19(26)24-9-7-23(8-10-24)14-5-6-17(29-4)15(11-14)22-18(25)16-12-27-13-21-16/h5-6,11-13H,7-10H2,1-4H3,(H,22,25). The molecule has 156 valence electrons. The van der Waals surface area contributed by atoms with E-state index < -0.39 is 5.60 Å². The molecule has 0 spiro atoms. The average Bonchev–Trinajstić information content (AvgIpc) is 3.22. The molecule has 1 saturated heterocycles. The molecule has 0 saturated carbocycles. The van der Waals surface area contributed by atoms with E-state index in [1.807, 2.05) is 45.2 Å². The number of hydrogen-bond donors (Lipinski definition) is 1. The predicted octanol–water partition coefficient (Wildman–Crippen LogP) is 3.71. The zero-order chi connectivity index (χ0) is 21.0. The Balaban J connectivity index is 1.67. The maximum Gasteiger partial charge on any atom is 0.410 e. The largest absolute Gasteiger partial charge is 0.451 e. The molecule has 3 rings (SSSR count). The number of carbonyl (C=O) groups is 2. The Bertz CT molecular complexity index is 856. The van der Waals surface area contributed by atoms with Crippen molar-refractivity contribution in [2.75, 3.05) is 42.7 Å². The number of aromatic nitrogens is 1. The third-order valence-corrected chi connectivity index (χ3v) is 5.19. The molecule has 2 amide bonds. The Hall–Kier alpha value is -2.68. The Labute approximate surface area is 174 Å². The van der Waals surface area contributed by atoms with Gasteiger partial charge in [-0.3, -0.25) is 4.79 Å². The van der Waals surface area contributed by atoms with Crippen LogP contribution in [0.5, 0.6) is 0 Å². The van der Waals surface area contributed by atoms with Gasteiger partial charge in [-0.2, -0.15) is 0 Å². The molecule has 1 N–H and O–H groups in total. The van der Waals surface area contributed by atoms with Gasteiger partial charge in [-0.15, -0.1) is 11.8 Å². The molecule has 29 heavy (non-hydrogen) atoms. The highest BCUT2D eigenvalue weighted by Gasteiger charge is 2.26. The molecule has 1 aliphatic rings. The molecule has 2 heterocycles. The van der Waals surface area contributed by atoms with Gasteiger partial charge in [-0.25, -0.2) is 9.78 Å². The quantitative estimate of drug-likeness (QED) is 0.757. The molecule has 1 fully saturated rings. The summed E-state index contributed by atoms with van der Waals surface area (Å²) in [5.74, 6) is -0.319. The van der Waals surface area contributed by atoms with Gasteiger partial charge in [-0.05, 0) is 45.2 Å². The summed E-state index contributed by atoms with van der Waals surface area (Å²) < 4.78 is 10.3. The van der Waals surface area contributed by atoms with Crippen molar-refractivity contribution in [3.63, 3.8) is 0 Å². The number of thioether (sulfide) groups is 1. The summed E-state index contributed by atoms with van der Waals surface area (Å²) in [4.78, 5) is 33.4. The van der Waals surface area contributed by atoms with E-state index in [1.165, 1.54) is 12.7 Å². The zero-order valence-electron chi connectivity index (χ0n) is 17.1. The van der Waals surface area contributed by atoms with Crippen molar-refractivity contribution >= 4 is 35.1 Å². The van der Waals surface area contributed by atoms with Gasteiger partial charge < -0.3 is 24.3 Å². The highest BCUT2D eigenvalue weighted by molar-refractivity contribution is 7.98. The molecule has 0 aliphatic carbocycles. The van der Waals surface area contributed by atoms with Gasteiger partial charge in [0.1, 0.15) is 11.9 Å². The van der Waals surface area contributed by atoms with Gasteiger partial charge in [0.05, 0.1) is 5.69 Å². The lowest BCUT2D eigenvalue weighted by molar-refractivity contribution is 0.0240. The summed E-state index contributed by atoms with van der Waals surface area (Å²) in [6.07, 6.45) is 4.22. The highest BCUT2D eigenvalue weighted by atomic mass is 32.2. The monoisotopic (exact) mass is 418 g/mol. The second-order valence-electron chi connectivity index (χ2n) is 7.67.